The molecule has 0 spiro atoms. The number of hydrogen-bond donors (Lipinski definition) is 6. The predicted molar refractivity (Wildman–Crippen MR) is 148 cm³/mol. The van der Waals surface area contributed by atoms with Gasteiger partial charge in [-0.15, -0.1) is 0 Å². The number of nitrogens with one attached hydrogen (secondary N) is 2. The molecule has 3 aliphatic rings. The van der Waals surface area contributed by atoms with Crippen LogP contribution in [0, 0.1) is 0 Å². The summed E-state index contributed by atoms with van der Waals surface area (Å²) >= 11 is 0. The lowest BCUT2D eigenvalue weighted by atomic mass is 10.1. The molecule has 3 saturated heterocycles. The third-order valence-electron chi connectivity index (χ3n) is 7.41. The van der Waals surface area contributed by atoms with E-state index in [0.717, 1.165) is 34.4 Å². The van der Waals surface area contributed by atoms with Crippen LogP contribution in [0.3, 0.4) is 0 Å². The van der Waals surface area contributed by atoms with Crippen molar-refractivity contribution in [3.63, 3.8) is 0 Å². The maximum Gasteiger partial charge on any atom is 0.204 e. The molecule has 252 valence electrons. The highest BCUT2D eigenvalue weighted by Crippen LogP contribution is 2.46. The molecule has 0 aromatic carbocycles. The smallest absolute Gasteiger partial charge is 0.204 e. The third-order valence-corrected chi connectivity index (χ3v) is 9.62. The van der Waals surface area contributed by atoms with Crippen LogP contribution in [0.4, 0.5) is 20.4 Å². The van der Waals surface area contributed by atoms with E-state index in [2.05, 4.69) is 40.1 Å². The van der Waals surface area contributed by atoms with Crippen molar-refractivity contribution in [2.75, 3.05) is 24.7 Å². The minimum absolute atomic E-state index is 0. The number of nitrogen functional groups attached to an aromatic ring is 2. The fourth-order valence-electron chi connectivity index (χ4n) is 5.37. The number of hydrogen-bond acceptors (Lipinski definition) is 18. The van der Waals surface area contributed by atoms with Crippen LogP contribution in [0.1, 0.15) is 12.5 Å². The number of aromatic nitrogens is 8. The standard InChI is InChI=1S/C20H24F2N12O8P2.2H3N/c21-9-11-7(41-19(9)33-5-29-13-15(23)25-3-27-17(13)33)1-39-43(35,36)32-12-8(2-40-44(37,38)31-11)42-20(10(12)22)34-6-30-14-16(24)26-4-28-18(14)34;;/h3-12,19-20H,1-2H2,(H2,23,25,27)(H2,24,26,28)(H2,31,37,38)(H2,32,35,36);2*1H3/p-2/t7-,8-,9-,10-,11-,12-,19-,20-;;/m1../s1. The van der Waals surface area contributed by atoms with E-state index in [1.807, 2.05) is 0 Å². The molecule has 0 amide bonds. The van der Waals surface area contributed by atoms with Gasteiger partial charge in [-0.1, -0.05) is 0 Å². The molecule has 0 bridgehead atoms. The number of nitrogens with zero attached hydrogens (tertiary/aromatic N) is 8. The van der Waals surface area contributed by atoms with Crippen LogP contribution in [0.25, 0.3) is 22.3 Å². The van der Waals surface area contributed by atoms with E-state index in [1.165, 1.54) is 0 Å². The first kappa shape index (κ1) is 34.0. The highest BCUT2D eigenvalue weighted by Gasteiger charge is 2.51. The van der Waals surface area contributed by atoms with Crippen LogP contribution in [-0.2, 0) is 27.7 Å². The fraction of sp³-hybridized carbons (Fsp3) is 0.500. The Morgan fingerprint density at radius 3 is 1.52 bits per heavy atom. The molecular formula is C20H28F2N14O8P2-2. The summed E-state index contributed by atoms with van der Waals surface area (Å²) in [5.74, 6) is 0.0106. The van der Waals surface area contributed by atoms with Crippen molar-refractivity contribution in [3.05, 3.63) is 25.3 Å². The molecule has 4 aromatic heterocycles. The van der Waals surface area contributed by atoms with Crippen molar-refractivity contribution < 1.29 is 46.2 Å². The van der Waals surface area contributed by atoms with Crippen molar-refractivity contribution in [1.82, 2.24) is 61.5 Å². The van der Waals surface area contributed by atoms with Gasteiger partial charge in [0.15, 0.2) is 47.7 Å². The normalized spacial score (nSPS) is 36.6. The average molecular weight is 692 g/mol. The highest BCUT2D eigenvalue weighted by atomic mass is 31.2. The summed E-state index contributed by atoms with van der Waals surface area (Å²) in [4.78, 5) is 49.7. The first-order valence-corrected chi connectivity index (χ1v) is 15.9. The first-order valence-electron chi connectivity index (χ1n) is 12.8. The number of alkyl halides is 2. The lowest BCUT2D eigenvalue weighted by molar-refractivity contribution is -0.209. The monoisotopic (exact) mass is 692 g/mol. The molecule has 7 rings (SSSR count). The Kier molecular flexibility index (Phi) is 9.11. The Balaban J connectivity index is 0.00000208. The van der Waals surface area contributed by atoms with E-state index in [0.29, 0.717) is 0 Å². The number of ether oxygens (including phenoxy) is 2. The van der Waals surface area contributed by atoms with Crippen molar-refractivity contribution in [2.45, 2.75) is 49.1 Å². The first-order chi connectivity index (χ1) is 20.9. The third kappa shape index (κ3) is 5.83. The number of halogens is 2. The molecule has 0 radical (unpaired) electrons. The van der Waals surface area contributed by atoms with Gasteiger partial charge in [-0.25, -0.2) is 48.9 Å². The van der Waals surface area contributed by atoms with E-state index >= 15 is 8.78 Å². The second kappa shape index (κ2) is 12.3. The molecule has 10 atom stereocenters. The van der Waals surface area contributed by atoms with E-state index < -0.39 is 77.8 Å². The van der Waals surface area contributed by atoms with Crippen LogP contribution in [-0.4, -0.2) is 88.9 Å². The fourth-order valence-corrected chi connectivity index (χ4v) is 7.55. The van der Waals surface area contributed by atoms with E-state index in [9.17, 15) is 18.9 Å². The number of imidazole rings is 2. The number of rotatable bonds is 2. The summed E-state index contributed by atoms with van der Waals surface area (Å²) in [6, 6.07) is -3.38. The molecule has 12 N–H and O–H groups in total. The van der Waals surface area contributed by atoms with Crippen molar-refractivity contribution in [2.24, 2.45) is 0 Å². The van der Waals surface area contributed by atoms with Crippen LogP contribution in [0.2, 0.25) is 0 Å². The molecule has 22 nitrogen and oxygen atoms in total. The molecule has 2 unspecified atom stereocenters. The minimum Gasteiger partial charge on any atom is -0.766 e. The zero-order valence-electron chi connectivity index (χ0n) is 23.4. The maximum absolute atomic E-state index is 15.9. The van der Waals surface area contributed by atoms with Crippen molar-refractivity contribution in [3.8, 4) is 0 Å². The Morgan fingerprint density at radius 2 is 1.13 bits per heavy atom. The maximum atomic E-state index is 15.9. The Morgan fingerprint density at radius 1 is 0.739 bits per heavy atom. The summed E-state index contributed by atoms with van der Waals surface area (Å²) < 4.78 is 81.5. The summed E-state index contributed by atoms with van der Waals surface area (Å²) in [6.45, 7) is -1.74. The second-order valence-corrected chi connectivity index (χ2v) is 13.1. The largest absolute Gasteiger partial charge is 0.766 e. The van der Waals surface area contributed by atoms with Crippen LogP contribution in [0.5, 0.6) is 0 Å². The van der Waals surface area contributed by atoms with Gasteiger partial charge < -0.3 is 52.1 Å². The molecule has 3 fully saturated rings. The number of nitrogens with two attached hydrogens (primary N) is 2. The summed E-state index contributed by atoms with van der Waals surface area (Å²) in [5.41, 5.74) is 12.0. The molecule has 26 heteroatoms. The van der Waals surface area contributed by atoms with Gasteiger partial charge in [0.05, 0.1) is 38.0 Å². The van der Waals surface area contributed by atoms with E-state index in [-0.39, 0.29) is 46.3 Å². The van der Waals surface area contributed by atoms with Gasteiger partial charge in [0.25, 0.3) is 0 Å². The molecule has 7 heterocycles. The van der Waals surface area contributed by atoms with Gasteiger partial charge in [-0.05, 0) is 0 Å². The van der Waals surface area contributed by atoms with Gasteiger partial charge in [0.1, 0.15) is 35.9 Å². The van der Waals surface area contributed by atoms with Crippen LogP contribution >= 0.6 is 15.5 Å². The van der Waals surface area contributed by atoms with Crippen LogP contribution in [0.15, 0.2) is 25.3 Å². The lowest BCUT2D eigenvalue weighted by Gasteiger charge is -2.35. The molecule has 46 heavy (non-hydrogen) atoms. The van der Waals surface area contributed by atoms with Gasteiger partial charge in [0.2, 0.25) is 15.5 Å². The Hall–Kier alpha value is -3.38. The molecule has 4 aromatic rings. The number of fused-ring (bicyclic) bond motifs is 4. The van der Waals surface area contributed by atoms with Crippen molar-refractivity contribution in [1.29, 1.82) is 0 Å². The summed E-state index contributed by atoms with van der Waals surface area (Å²) in [6.07, 6.45) is -5.78. The second-order valence-electron chi connectivity index (χ2n) is 10.1. The quantitative estimate of drug-likeness (QED) is 0.130. The van der Waals surface area contributed by atoms with Gasteiger partial charge in [-0.2, -0.15) is 0 Å². The molecule has 3 aliphatic heterocycles. The van der Waals surface area contributed by atoms with Gasteiger partial charge in [0, 0.05) is 0 Å². The van der Waals surface area contributed by atoms with Crippen LogP contribution < -0.4 is 43.7 Å². The predicted octanol–water partition coefficient (Wildman–Crippen LogP) is -1.47. The zero-order chi connectivity index (χ0) is 31.0. The summed E-state index contributed by atoms with van der Waals surface area (Å²) in [5, 5.41) is 4.12. The summed E-state index contributed by atoms with van der Waals surface area (Å²) in [7, 11) is -10.2. The highest BCUT2D eigenvalue weighted by molar-refractivity contribution is 7.49. The topological polar surface area (TPSA) is 350 Å². The SMILES string of the molecule is N.N.Nc1ncnc2c1ncn2[C@@H]1O[C@@H]2COP(=O)([O-])N[C@H]3[C@@H](F)[C@H](n4cnc5c(N)ncnc54)O[C@@H]3COP(=O)([O-])N[C@H]2[C@H]1F. The average Bonchev–Trinajstić information content (AvgIpc) is 3.73. The number of anilines is 2. The Bertz CT molecular complexity index is 1710. The lowest BCUT2D eigenvalue weighted by Crippen LogP contribution is -2.48. The van der Waals surface area contributed by atoms with Crippen molar-refractivity contribution >= 4 is 49.5 Å². The minimum atomic E-state index is -5.11. The van der Waals surface area contributed by atoms with Gasteiger partial charge in [-0.3, -0.25) is 18.3 Å². The Labute approximate surface area is 256 Å². The molecule has 0 saturated carbocycles. The molecule has 0 aliphatic carbocycles. The van der Waals surface area contributed by atoms with E-state index in [1.54, 1.807) is 0 Å². The zero-order valence-corrected chi connectivity index (χ0v) is 25.2. The molecular weight excluding hydrogens is 664 g/mol. The van der Waals surface area contributed by atoms with Gasteiger partial charge >= 0.3 is 0 Å². The van der Waals surface area contributed by atoms with E-state index in [4.69, 9.17) is 30.0 Å².